The van der Waals surface area contributed by atoms with E-state index in [1.165, 1.54) is 23.6 Å². The number of aryl methyl sites for hydroxylation is 1. The Morgan fingerprint density at radius 1 is 1.32 bits per heavy atom. The molecule has 1 aromatic carbocycles. The van der Waals surface area contributed by atoms with Crippen LogP contribution in [0.15, 0.2) is 53.0 Å². The third-order valence-electron chi connectivity index (χ3n) is 6.56. The first-order valence-electron chi connectivity index (χ1n) is 12.1. The van der Waals surface area contributed by atoms with Gasteiger partial charge in [0.1, 0.15) is 22.1 Å². The van der Waals surface area contributed by atoms with Gasteiger partial charge in [0, 0.05) is 22.6 Å². The number of thiazole rings is 1. The maximum Gasteiger partial charge on any atom is 0.387 e. The molecule has 0 radical (unpaired) electrons. The summed E-state index contributed by atoms with van der Waals surface area (Å²) in [5.41, 5.74) is 1.31. The molecule has 0 saturated carbocycles. The van der Waals surface area contributed by atoms with E-state index in [0.717, 1.165) is 22.7 Å². The smallest absolute Gasteiger partial charge is 0.387 e. The number of rotatable bonds is 7. The Morgan fingerprint density at radius 3 is 2.89 bits per heavy atom. The zero-order chi connectivity index (χ0) is 26.7. The van der Waals surface area contributed by atoms with Crippen LogP contribution in [0.1, 0.15) is 40.0 Å². The molecule has 0 spiro atoms. The summed E-state index contributed by atoms with van der Waals surface area (Å²) in [5, 5.41) is 9.53. The fraction of sp³-hybridized carbons (Fsp3) is 0.385. The van der Waals surface area contributed by atoms with E-state index < -0.39 is 12.2 Å². The van der Waals surface area contributed by atoms with Gasteiger partial charge in [0.15, 0.2) is 5.17 Å². The number of anilines is 1. The number of fused-ring (bicyclic) bond motifs is 1. The number of carbonyl (C=O) groups is 1. The van der Waals surface area contributed by atoms with E-state index in [0.29, 0.717) is 35.4 Å². The largest absolute Gasteiger partial charge is 0.433 e. The lowest BCUT2D eigenvalue weighted by molar-refractivity contribution is -0.0501. The standard InChI is InChI=1S/C26H27F2N5O3S2/c1-15-8-19(36-24(27)28)10-29-20(15)11-30-21-13-37-23(31-21)26-14-35-16(2)9-18(26)12-38-25(33-26)32-22(34)17-6-4-3-5-7-17/h3-8,10,13,16,18,24,30H,9,11-12,14H2,1-2H3,(H,32,33,34)/t16-,18-,26-/m0/s1. The van der Waals surface area contributed by atoms with Crippen LogP contribution in [-0.4, -0.2) is 46.1 Å². The Hall–Kier alpha value is -3.09. The number of amidine groups is 1. The molecule has 200 valence electrons. The normalized spacial score (nSPS) is 22.9. The van der Waals surface area contributed by atoms with E-state index >= 15 is 0 Å². The van der Waals surface area contributed by atoms with Gasteiger partial charge < -0.3 is 20.1 Å². The predicted octanol–water partition coefficient (Wildman–Crippen LogP) is 5.21. The second-order valence-corrected chi connectivity index (χ2v) is 11.1. The number of nitrogens with one attached hydrogen (secondary N) is 2. The summed E-state index contributed by atoms with van der Waals surface area (Å²) >= 11 is 3.04. The maximum absolute atomic E-state index is 12.8. The average Bonchev–Trinajstić information content (AvgIpc) is 3.38. The van der Waals surface area contributed by atoms with Crippen molar-refractivity contribution in [2.45, 2.75) is 45.1 Å². The predicted molar refractivity (Wildman–Crippen MR) is 144 cm³/mol. The fourth-order valence-corrected chi connectivity index (χ4v) is 6.69. The molecular weight excluding hydrogens is 532 g/mol. The Morgan fingerprint density at radius 2 is 2.13 bits per heavy atom. The lowest BCUT2D eigenvalue weighted by Crippen LogP contribution is -2.50. The molecule has 2 N–H and O–H groups in total. The molecule has 2 aliphatic rings. The minimum absolute atomic E-state index is 0.0250. The number of alkyl halides is 2. The summed E-state index contributed by atoms with van der Waals surface area (Å²) in [6, 6.07) is 10.6. The molecule has 8 nitrogen and oxygen atoms in total. The van der Waals surface area contributed by atoms with Crippen molar-refractivity contribution in [1.82, 2.24) is 15.3 Å². The van der Waals surface area contributed by atoms with Gasteiger partial charge in [-0.25, -0.2) is 9.98 Å². The van der Waals surface area contributed by atoms with Crippen LogP contribution >= 0.6 is 23.1 Å². The molecule has 1 fully saturated rings. The van der Waals surface area contributed by atoms with Gasteiger partial charge in [-0.1, -0.05) is 30.0 Å². The van der Waals surface area contributed by atoms with Crippen molar-refractivity contribution in [2.24, 2.45) is 10.9 Å². The summed E-state index contributed by atoms with van der Waals surface area (Å²) < 4.78 is 35.4. The molecule has 2 aliphatic heterocycles. The molecule has 0 unspecified atom stereocenters. The monoisotopic (exact) mass is 559 g/mol. The van der Waals surface area contributed by atoms with Gasteiger partial charge in [-0.05, 0) is 44.0 Å². The van der Waals surface area contributed by atoms with Gasteiger partial charge in [0.05, 0.1) is 31.1 Å². The highest BCUT2D eigenvalue weighted by atomic mass is 32.2. The van der Waals surface area contributed by atoms with Crippen LogP contribution in [0.3, 0.4) is 0 Å². The number of nitrogens with zero attached hydrogens (tertiary/aromatic N) is 3. The highest BCUT2D eigenvalue weighted by molar-refractivity contribution is 8.13. The number of thioether (sulfide) groups is 1. The van der Waals surface area contributed by atoms with Gasteiger partial charge >= 0.3 is 6.61 Å². The molecule has 4 heterocycles. The Balaban J connectivity index is 1.34. The number of pyridine rings is 1. The maximum atomic E-state index is 12.8. The van der Waals surface area contributed by atoms with E-state index in [2.05, 4.69) is 27.3 Å². The average molecular weight is 560 g/mol. The van der Waals surface area contributed by atoms with Crippen molar-refractivity contribution in [1.29, 1.82) is 0 Å². The first kappa shape index (κ1) is 26.5. The third kappa shape index (κ3) is 5.82. The number of amides is 1. The first-order chi connectivity index (χ1) is 18.3. The second kappa shape index (κ2) is 11.3. The number of aliphatic imine (C=N–C) groups is 1. The van der Waals surface area contributed by atoms with E-state index in [9.17, 15) is 13.6 Å². The van der Waals surface area contributed by atoms with Crippen LogP contribution in [0.4, 0.5) is 14.6 Å². The Labute approximate surface area is 227 Å². The van der Waals surface area contributed by atoms with Crippen molar-refractivity contribution >= 4 is 40.0 Å². The van der Waals surface area contributed by atoms with Crippen molar-refractivity contribution in [2.75, 3.05) is 17.7 Å². The van der Waals surface area contributed by atoms with Crippen molar-refractivity contribution in [3.63, 3.8) is 0 Å². The molecule has 12 heteroatoms. The molecule has 2 aromatic heterocycles. The van der Waals surface area contributed by atoms with Crippen LogP contribution < -0.4 is 15.4 Å². The first-order valence-corrected chi connectivity index (χ1v) is 14.0. The highest BCUT2D eigenvalue weighted by Gasteiger charge is 2.49. The van der Waals surface area contributed by atoms with Gasteiger partial charge in [-0.3, -0.25) is 9.78 Å². The number of aromatic nitrogens is 2. The van der Waals surface area contributed by atoms with Crippen LogP contribution in [-0.2, 0) is 16.8 Å². The lowest BCUT2D eigenvalue weighted by Gasteiger charge is -2.44. The Kier molecular flexibility index (Phi) is 7.91. The zero-order valence-electron chi connectivity index (χ0n) is 20.8. The quantitative estimate of drug-likeness (QED) is 0.410. The summed E-state index contributed by atoms with van der Waals surface area (Å²) in [4.78, 5) is 26.9. The van der Waals surface area contributed by atoms with Gasteiger partial charge in [0.25, 0.3) is 5.91 Å². The van der Waals surface area contributed by atoms with Crippen molar-refractivity contribution in [3.8, 4) is 5.75 Å². The minimum atomic E-state index is -2.89. The number of carbonyl (C=O) groups excluding carboxylic acids is 1. The third-order valence-corrected chi connectivity index (χ3v) is 8.60. The molecule has 5 rings (SSSR count). The van der Waals surface area contributed by atoms with Crippen molar-refractivity contribution < 1.29 is 23.0 Å². The van der Waals surface area contributed by atoms with Crippen LogP contribution in [0.2, 0.25) is 0 Å². The number of halogens is 2. The van der Waals surface area contributed by atoms with E-state index in [1.807, 2.05) is 23.6 Å². The number of hydrogen-bond acceptors (Lipinski definition) is 9. The lowest BCUT2D eigenvalue weighted by atomic mass is 9.80. The van der Waals surface area contributed by atoms with Gasteiger partial charge in [-0.2, -0.15) is 8.78 Å². The van der Waals surface area contributed by atoms with Crippen LogP contribution in [0.25, 0.3) is 0 Å². The van der Waals surface area contributed by atoms with Gasteiger partial charge in [0.2, 0.25) is 0 Å². The summed E-state index contributed by atoms with van der Waals surface area (Å²) in [6.45, 7) is 1.71. The van der Waals surface area contributed by atoms with E-state index in [-0.39, 0.29) is 23.7 Å². The molecule has 1 amide bonds. The highest BCUT2D eigenvalue weighted by Crippen LogP contribution is 2.47. The van der Waals surface area contributed by atoms with Gasteiger partial charge in [-0.15, -0.1) is 11.3 Å². The fourth-order valence-electron chi connectivity index (χ4n) is 4.54. The molecule has 3 aromatic rings. The molecule has 38 heavy (non-hydrogen) atoms. The zero-order valence-corrected chi connectivity index (χ0v) is 22.5. The van der Waals surface area contributed by atoms with E-state index in [4.69, 9.17) is 14.7 Å². The van der Waals surface area contributed by atoms with Crippen LogP contribution in [0.5, 0.6) is 5.75 Å². The molecule has 3 atom stereocenters. The molecule has 0 aliphatic carbocycles. The summed E-state index contributed by atoms with van der Waals surface area (Å²) in [5.74, 6) is 1.48. The second-order valence-electron chi connectivity index (χ2n) is 9.23. The number of hydrogen-bond donors (Lipinski definition) is 2. The summed E-state index contributed by atoms with van der Waals surface area (Å²) in [7, 11) is 0. The molecular formula is C26H27F2N5O3S2. The SMILES string of the molecule is Cc1cc(OC(F)F)cnc1CNc1csc([C@]23CO[C@@H](C)C[C@H]2CSC(NC(=O)c2ccccc2)=N3)n1. The molecule has 0 bridgehead atoms. The molecule has 1 saturated heterocycles. The van der Waals surface area contributed by atoms with Crippen molar-refractivity contribution in [3.05, 3.63) is 69.8 Å². The number of ether oxygens (including phenoxy) is 2. The minimum Gasteiger partial charge on any atom is -0.433 e. The topological polar surface area (TPSA) is 97.7 Å². The van der Waals surface area contributed by atoms with E-state index in [1.54, 1.807) is 30.8 Å². The number of benzene rings is 1. The Bertz CT molecular complexity index is 1320. The summed E-state index contributed by atoms with van der Waals surface area (Å²) in [6.07, 6.45) is 2.24. The van der Waals surface area contributed by atoms with Crippen LogP contribution in [0, 0.1) is 12.8 Å².